The van der Waals surface area contributed by atoms with Crippen LogP contribution in [0.25, 0.3) is 0 Å². The average Bonchev–Trinajstić information content (AvgIpc) is 2.45. The van der Waals surface area contributed by atoms with Gasteiger partial charge in [-0.15, -0.1) is 0 Å². The van der Waals surface area contributed by atoms with E-state index in [0.29, 0.717) is 0 Å². The molecule has 1 aromatic rings. The second-order valence-corrected chi connectivity index (χ2v) is 6.89. The minimum absolute atomic E-state index is 0.124. The minimum atomic E-state index is -2.96. The summed E-state index contributed by atoms with van der Waals surface area (Å²) in [4.78, 5) is 0. The smallest absolute Gasteiger partial charge is 0.149 e. The second kappa shape index (κ2) is 4.74. The molecule has 1 N–H and O–H groups in total. The maximum absolute atomic E-state index is 11.2. The molecular weight excluding hydrogens is 286 g/mol. The highest BCUT2D eigenvalue weighted by molar-refractivity contribution is 9.10. The summed E-state index contributed by atoms with van der Waals surface area (Å²) in [6.45, 7) is 0. The zero-order chi connectivity index (χ0) is 10.8. The van der Waals surface area contributed by atoms with Gasteiger partial charge in [0, 0.05) is 22.2 Å². The van der Waals surface area contributed by atoms with Gasteiger partial charge in [0.15, 0.2) is 0 Å². The Morgan fingerprint density at radius 1 is 1.57 bits per heavy atom. The predicted molar refractivity (Wildman–Crippen MR) is 63.5 cm³/mol. The molecule has 0 aliphatic heterocycles. The summed E-state index contributed by atoms with van der Waals surface area (Å²) in [7, 11) is -1.19. The highest BCUT2D eigenvalue weighted by atomic mass is 79.9. The van der Waals surface area contributed by atoms with Gasteiger partial charge in [-0.3, -0.25) is 0 Å². The zero-order valence-corrected chi connectivity index (χ0v) is 11.2. The average molecular weight is 298 g/mol. The van der Waals surface area contributed by atoms with Crippen LogP contribution in [0.1, 0.15) is 11.6 Å². The maximum atomic E-state index is 11.2. The first-order valence-corrected chi connectivity index (χ1v) is 7.80. The molecule has 0 aromatic carbocycles. The van der Waals surface area contributed by atoms with E-state index in [4.69, 9.17) is 0 Å². The zero-order valence-electron chi connectivity index (χ0n) is 7.95. The van der Waals surface area contributed by atoms with Gasteiger partial charge in [-0.05, 0) is 33.9 Å². The van der Waals surface area contributed by atoms with Gasteiger partial charge in [-0.25, -0.2) is 8.42 Å². The van der Waals surface area contributed by atoms with Crippen molar-refractivity contribution in [2.45, 2.75) is 6.04 Å². The van der Waals surface area contributed by atoms with Gasteiger partial charge >= 0.3 is 0 Å². The van der Waals surface area contributed by atoms with Crippen molar-refractivity contribution in [1.29, 1.82) is 0 Å². The quantitative estimate of drug-likeness (QED) is 0.922. The Morgan fingerprint density at radius 2 is 2.21 bits per heavy atom. The van der Waals surface area contributed by atoms with Crippen molar-refractivity contribution in [3.63, 3.8) is 0 Å². The van der Waals surface area contributed by atoms with E-state index in [1.54, 1.807) is 18.4 Å². The number of rotatable bonds is 4. The van der Waals surface area contributed by atoms with Crippen molar-refractivity contribution in [2.75, 3.05) is 19.1 Å². The molecule has 1 rings (SSSR count). The van der Waals surface area contributed by atoms with E-state index in [2.05, 4.69) is 21.2 Å². The number of halogens is 1. The van der Waals surface area contributed by atoms with E-state index in [-0.39, 0.29) is 11.8 Å². The molecule has 80 valence electrons. The summed E-state index contributed by atoms with van der Waals surface area (Å²) in [5.41, 5.74) is 1.00. The monoisotopic (exact) mass is 297 g/mol. The normalized spacial score (nSPS) is 14.2. The molecule has 0 aliphatic carbocycles. The molecule has 0 saturated carbocycles. The van der Waals surface area contributed by atoms with Gasteiger partial charge in [0.05, 0.1) is 5.75 Å². The first-order valence-electron chi connectivity index (χ1n) is 4.00. The fourth-order valence-corrected chi connectivity index (χ4v) is 3.75. The Hall–Kier alpha value is 0.0900. The topological polar surface area (TPSA) is 46.2 Å². The van der Waals surface area contributed by atoms with Gasteiger partial charge in [0.2, 0.25) is 0 Å². The lowest BCUT2D eigenvalue weighted by molar-refractivity contribution is 0.579. The maximum Gasteiger partial charge on any atom is 0.149 e. The minimum Gasteiger partial charge on any atom is -0.312 e. The van der Waals surface area contributed by atoms with E-state index in [1.165, 1.54) is 6.26 Å². The molecule has 14 heavy (non-hydrogen) atoms. The van der Waals surface area contributed by atoms with E-state index in [9.17, 15) is 8.42 Å². The summed E-state index contributed by atoms with van der Waals surface area (Å²) >= 11 is 4.95. The van der Waals surface area contributed by atoms with Crippen LogP contribution in [0, 0.1) is 0 Å². The van der Waals surface area contributed by atoms with Crippen LogP contribution in [0.2, 0.25) is 0 Å². The van der Waals surface area contributed by atoms with Crippen LogP contribution in [0.15, 0.2) is 15.2 Å². The molecule has 0 bridgehead atoms. The van der Waals surface area contributed by atoms with E-state index in [0.717, 1.165) is 10.0 Å². The lowest BCUT2D eigenvalue weighted by Gasteiger charge is -2.14. The third-order valence-electron chi connectivity index (χ3n) is 1.84. The van der Waals surface area contributed by atoms with Crippen molar-refractivity contribution in [3.8, 4) is 0 Å². The molecule has 0 fully saturated rings. The van der Waals surface area contributed by atoms with Crippen LogP contribution in [0.4, 0.5) is 0 Å². The first-order chi connectivity index (χ1) is 6.44. The molecule has 0 aliphatic rings. The van der Waals surface area contributed by atoms with Crippen LogP contribution in [-0.2, 0) is 9.84 Å². The van der Waals surface area contributed by atoms with Gasteiger partial charge < -0.3 is 5.32 Å². The van der Waals surface area contributed by atoms with Crippen molar-refractivity contribution >= 4 is 37.1 Å². The van der Waals surface area contributed by atoms with Crippen LogP contribution >= 0.6 is 27.3 Å². The van der Waals surface area contributed by atoms with Crippen molar-refractivity contribution in [2.24, 2.45) is 0 Å². The molecule has 1 aromatic heterocycles. The summed E-state index contributed by atoms with van der Waals surface area (Å²) in [5.74, 6) is 0.124. The van der Waals surface area contributed by atoms with Crippen molar-refractivity contribution < 1.29 is 8.42 Å². The number of nitrogens with one attached hydrogen (secondary N) is 1. The molecule has 0 spiro atoms. The van der Waals surface area contributed by atoms with Gasteiger partial charge in [0.25, 0.3) is 0 Å². The molecule has 1 atom stereocenters. The molecule has 1 unspecified atom stereocenters. The number of sulfone groups is 1. The van der Waals surface area contributed by atoms with Gasteiger partial charge in [-0.2, -0.15) is 11.3 Å². The largest absolute Gasteiger partial charge is 0.312 e. The van der Waals surface area contributed by atoms with Gasteiger partial charge in [-0.1, -0.05) is 0 Å². The summed E-state index contributed by atoms with van der Waals surface area (Å²) in [6, 6.07) is -0.134. The molecule has 3 nitrogen and oxygen atoms in total. The number of hydrogen-bond donors (Lipinski definition) is 1. The third kappa shape index (κ3) is 3.34. The Kier molecular flexibility index (Phi) is 4.12. The highest BCUT2D eigenvalue weighted by Gasteiger charge is 2.18. The van der Waals surface area contributed by atoms with Crippen molar-refractivity contribution in [1.82, 2.24) is 5.32 Å². The standard InChI is InChI=1S/C8H12BrNO2S2/c1-10-8(5-14(2,11)12)6-3-13-4-7(6)9/h3-4,8,10H,5H2,1-2H3. The summed E-state index contributed by atoms with van der Waals surface area (Å²) in [5, 5.41) is 6.90. The Labute approximate surface area is 96.6 Å². The summed E-state index contributed by atoms with van der Waals surface area (Å²) in [6.07, 6.45) is 1.25. The summed E-state index contributed by atoms with van der Waals surface area (Å²) < 4.78 is 23.3. The Bertz CT molecular complexity index is 399. The first kappa shape index (κ1) is 12.2. The van der Waals surface area contributed by atoms with Gasteiger partial charge in [0.1, 0.15) is 9.84 Å². The predicted octanol–water partition coefficient (Wildman–Crippen LogP) is 1.82. The van der Waals surface area contributed by atoms with Crippen LogP contribution in [0.5, 0.6) is 0 Å². The van der Waals surface area contributed by atoms with Crippen LogP contribution < -0.4 is 5.32 Å². The molecule has 1 heterocycles. The fourth-order valence-electron chi connectivity index (χ4n) is 1.17. The molecular formula is C8H12BrNO2S2. The fraction of sp³-hybridized carbons (Fsp3) is 0.500. The lowest BCUT2D eigenvalue weighted by atomic mass is 10.2. The lowest BCUT2D eigenvalue weighted by Crippen LogP contribution is -2.24. The highest BCUT2D eigenvalue weighted by Crippen LogP contribution is 2.27. The van der Waals surface area contributed by atoms with E-state index >= 15 is 0 Å². The third-order valence-corrected chi connectivity index (χ3v) is 4.53. The SMILES string of the molecule is CNC(CS(C)(=O)=O)c1cscc1Br. The number of thiophene rings is 1. The van der Waals surface area contributed by atoms with Crippen molar-refractivity contribution in [3.05, 3.63) is 20.8 Å². The Morgan fingerprint density at radius 3 is 2.57 bits per heavy atom. The molecule has 0 amide bonds. The number of hydrogen-bond acceptors (Lipinski definition) is 4. The van der Waals surface area contributed by atoms with Crippen LogP contribution in [0.3, 0.4) is 0 Å². The van der Waals surface area contributed by atoms with E-state index < -0.39 is 9.84 Å². The van der Waals surface area contributed by atoms with E-state index in [1.807, 2.05) is 10.8 Å². The molecule has 0 saturated heterocycles. The molecule has 0 radical (unpaired) electrons. The molecule has 6 heteroatoms. The van der Waals surface area contributed by atoms with Crippen LogP contribution in [-0.4, -0.2) is 27.5 Å². The second-order valence-electron chi connectivity index (χ2n) is 3.11. The Balaban J connectivity index is 2.89.